The summed E-state index contributed by atoms with van der Waals surface area (Å²) in [5.41, 5.74) is 5.69. The van der Waals surface area contributed by atoms with Gasteiger partial charge in [-0.15, -0.1) is 0 Å². The highest BCUT2D eigenvalue weighted by atomic mass is 16.5. The Hall–Kier alpha value is -0.650. The number of likely N-dealkylation sites (N-methyl/N-ethyl adjacent to an activating group) is 1. The third-order valence-electron chi connectivity index (χ3n) is 3.39. The van der Waals surface area contributed by atoms with Gasteiger partial charge in [0.1, 0.15) is 6.04 Å². The van der Waals surface area contributed by atoms with Crippen LogP contribution in [0.5, 0.6) is 0 Å². The second-order valence-corrected chi connectivity index (χ2v) is 4.37. The van der Waals surface area contributed by atoms with Gasteiger partial charge in [0.15, 0.2) is 0 Å². The standard InChI is InChI=1S/C11H23N3O2/c1-9-4-5-14(6-7-16-3)11(15)10(8-12)13(9)2/h9-10H,4-8,12H2,1-3H3. The molecule has 1 heterocycles. The molecule has 2 unspecified atom stereocenters. The number of nitrogens with zero attached hydrogens (tertiary/aromatic N) is 2. The van der Waals surface area contributed by atoms with Crippen LogP contribution in [0.4, 0.5) is 0 Å². The van der Waals surface area contributed by atoms with Crippen LogP contribution >= 0.6 is 0 Å². The summed E-state index contributed by atoms with van der Waals surface area (Å²) in [6.45, 7) is 4.55. The number of rotatable bonds is 4. The van der Waals surface area contributed by atoms with Crippen molar-refractivity contribution in [3.63, 3.8) is 0 Å². The average molecular weight is 229 g/mol. The highest BCUT2D eigenvalue weighted by Gasteiger charge is 2.32. The molecule has 94 valence electrons. The smallest absolute Gasteiger partial charge is 0.241 e. The highest BCUT2D eigenvalue weighted by molar-refractivity contribution is 5.82. The van der Waals surface area contributed by atoms with Gasteiger partial charge in [-0.3, -0.25) is 9.69 Å². The number of methoxy groups -OCH3 is 1. The van der Waals surface area contributed by atoms with Crippen LogP contribution in [0.1, 0.15) is 13.3 Å². The molecule has 1 aliphatic heterocycles. The van der Waals surface area contributed by atoms with Crippen molar-refractivity contribution in [3.8, 4) is 0 Å². The Labute approximate surface area is 97.5 Å². The summed E-state index contributed by atoms with van der Waals surface area (Å²) < 4.78 is 5.02. The summed E-state index contributed by atoms with van der Waals surface area (Å²) >= 11 is 0. The van der Waals surface area contributed by atoms with E-state index in [0.29, 0.717) is 25.7 Å². The minimum atomic E-state index is -0.186. The molecule has 0 radical (unpaired) electrons. The first kappa shape index (κ1) is 13.4. The molecule has 1 saturated heterocycles. The van der Waals surface area contributed by atoms with Crippen molar-refractivity contribution in [1.29, 1.82) is 0 Å². The Morgan fingerprint density at radius 3 is 2.81 bits per heavy atom. The number of amides is 1. The zero-order chi connectivity index (χ0) is 12.1. The van der Waals surface area contributed by atoms with Gasteiger partial charge in [-0.1, -0.05) is 0 Å². The predicted octanol–water partition coefficient (Wildman–Crippen LogP) is -0.487. The Balaban J connectivity index is 2.70. The summed E-state index contributed by atoms with van der Waals surface area (Å²) in [7, 11) is 3.62. The van der Waals surface area contributed by atoms with E-state index in [2.05, 4.69) is 11.8 Å². The van der Waals surface area contributed by atoms with Gasteiger partial charge in [0.25, 0.3) is 0 Å². The van der Waals surface area contributed by atoms with E-state index in [4.69, 9.17) is 10.5 Å². The SMILES string of the molecule is COCCN1CCC(C)N(C)C(CN)C1=O. The second-order valence-electron chi connectivity index (χ2n) is 4.37. The van der Waals surface area contributed by atoms with E-state index in [0.717, 1.165) is 13.0 Å². The predicted molar refractivity (Wildman–Crippen MR) is 63.1 cm³/mol. The highest BCUT2D eigenvalue weighted by Crippen LogP contribution is 2.14. The number of nitrogens with two attached hydrogens (primary N) is 1. The normalized spacial score (nSPS) is 28.2. The maximum absolute atomic E-state index is 12.2. The molecule has 1 fully saturated rings. The summed E-state index contributed by atoms with van der Waals surface area (Å²) in [4.78, 5) is 16.1. The van der Waals surface area contributed by atoms with Crippen molar-refractivity contribution in [2.45, 2.75) is 25.4 Å². The molecule has 0 saturated carbocycles. The van der Waals surface area contributed by atoms with Gasteiger partial charge in [-0.2, -0.15) is 0 Å². The number of ether oxygens (including phenoxy) is 1. The lowest BCUT2D eigenvalue weighted by Gasteiger charge is -2.29. The van der Waals surface area contributed by atoms with Gasteiger partial charge in [-0.25, -0.2) is 0 Å². The van der Waals surface area contributed by atoms with Crippen LogP contribution in [-0.4, -0.2) is 68.2 Å². The average Bonchev–Trinajstić information content (AvgIpc) is 2.37. The second kappa shape index (κ2) is 6.18. The Morgan fingerprint density at radius 1 is 1.56 bits per heavy atom. The molecule has 1 rings (SSSR count). The van der Waals surface area contributed by atoms with Crippen LogP contribution < -0.4 is 5.73 Å². The molecule has 0 spiro atoms. The van der Waals surface area contributed by atoms with Crippen LogP contribution in [0.2, 0.25) is 0 Å². The van der Waals surface area contributed by atoms with Crippen LogP contribution in [0.3, 0.4) is 0 Å². The minimum Gasteiger partial charge on any atom is -0.383 e. The third-order valence-corrected chi connectivity index (χ3v) is 3.39. The van der Waals surface area contributed by atoms with Gasteiger partial charge in [0.05, 0.1) is 6.61 Å². The molecule has 2 N–H and O–H groups in total. The van der Waals surface area contributed by atoms with Gasteiger partial charge < -0.3 is 15.4 Å². The van der Waals surface area contributed by atoms with E-state index < -0.39 is 0 Å². The lowest BCUT2D eigenvalue weighted by molar-refractivity contribution is -0.135. The van der Waals surface area contributed by atoms with E-state index in [-0.39, 0.29) is 11.9 Å². The Kier molecular flexibility index (Phi) is 5.18. The fourth-order valence-electron chi connectivity index (χ4n) is 2.04. The van der Waals surface area contributed by atoms with Gasteiger partial charge >= 0.3 is 0 Å². The first-order valence-corrected chi connectivity index (χ1v) is 5.81. The van der Waals surface area contributed by atoms with Crippen LogP contribution in [0.25, 0.3) is 0 Å². The zero-order valence-electron chi connectivity index (χ0n) is 10.5. The molecule has 2 atom stereocenters. The van der Waals surface area contributed by atoms with Crippen molar-refractivity contribution in [2.75, 3.05) is 40.4 Å². The van der Waals surface area contributed by atoms with E-state index in [9.17, 15) is 4.79 Å². The van der Waals surface area contributed by atoms with Crippen molar-refractivity contribution < 1.29 is 9.53 Å². The van der Waals surface area contributed by atoms with Crippen molar-refractivity contribution >= 4 is 5.91 Å². The van der Waals surface area contributed by atoms with Crippen LogP contribution in [0.15, 0.2) is 0 Å². The first-order valence-electron chi connectivity index (χ1n) is 5.81. The summed E-state index contributed by atoms with van der Waals surface area (Å²) in [6, 6.07) is 0.208. The first-order chi connectivity index (χ1) is 7.61. The maximum Gasteiger partial charge on any atom is 0.241 e. The van der Waals surface area contributed by atoms with Crippen molar-refractivity contribution in [1.82, 2.24) is 9.80 Å². The largest absolute Gasteiger partial charge is 0.383 e. The fraction of sp³-hybridized carbons (Fsp3) is 0.909. The molecular weight excluding hydrogens is 206 g/mol. The van der Waals surface area contributed by atoms with Crippen LogP contribution in [-0.2, 0) is 9.53 Å². The topological polar surface area (TPSA) is 58.8 Å². The molecule has 0 aliphatic carbocycles. The van der Waals surface area contributed by atoms with Crippen molar-refractivity contribution in [3.05, 3.63) is 0 Å². The van der Waals surface area contributed by atoms with E-state index in [1.54, 1.807) is 7.11 Å². The molecule has 1 amide bonds. The summed E-state index contributed by atoms with van der Waals surface area (Å²) in [5.74, 6) is 0.131. The lowest BCUT2D eigenvalue weighted by atomic mass is 10.2. The summed E-state index contributed by atoms with van der Waals surface area (Å²) in [5, 5.41) is 0. The Morgan fingerprint density at radius 2 is 2.25 bits per heavy atom. The number of hydrogen-bond acceptors (Lipinski definition) is 4. The molecule has 1 aliphatic rings. The lowest BCUT2D eigenvalue weighted by Crippen LogP contribution is -2.50. The van der Waals surface area contributed by atoms with Crippen LogP contribution in [0, 0.1) is 0 Å². The number of hydrogen-bond donors (Lipinski definition) is 1. The quantitative estimate of drug-likeness (QED) is 0.707. The third kappa shape index (κ3) is 2.93. The van der Waals surface area contributed by atoms with Gasteiger partial charge in [0, 0.05) is 32.8 Å². The molecule has 5 nitrogen and oxygen atoms in total. The maximum atomic E-state index is 12.2. The van der Waals surface area contributed by atoms with E-state index >= 15 is 0 Å². The molecule has 0 bridgehead atoms. The monoisotopic (exact) mass is 229 g/mol. The number of carbonyl (C=O) groups is 1. The molecule has 0 aromatic carbocycles. The zero-order valence-corrected chi connectivity index (χ0v) is 10.5. The summed E-state index contributed by atoms with van der Waals surface area (Å²) in [6.07, 6.45) is 0.989. The Bertz CT molecular complexity index is 235. The van der Waals surface area contributed by atoms with Gasteiger partial charge in [-0.05, 0) is 20.4 Å². The molecule has 0 aromatic heterocycles. The minimum absolute atomic E-state index is 0.131. The molecule has 0 aromatic rings. The number of carbonyl (C=O) groups excluding carboxylic acids is 1. The molecular formula is C11H23N3O2. The molecule has 16 heavy (non-hydrogen) atoms. The molecule has 5 heteroatoms. The van der Waals surface area contributed by atoms with E-state index in [1.165, 1.54) is 0 Å². The van der Waals surface area contributed by atoms with Crippen molar-refractivity contribution in [2.24, 2.45) is 5.73 Å². The van der Waals surface area contributed by atoms with Gasteiger partial charge in [0.2, 0.25) is 5.91 Å². The fourth-order valence-corrected chi connectivity index (χ4v) is 2.04. The van der Waals surface area contributed by atoms with E-state index in [1.807, 2.05) is 11.9 Å².